The zero-order chi connectivity index (χ0) is 28.7. The quantitative estimate of drug-likeness (QED) is 0.285. The molecule has 0 saturated heterocycles. The van der Waals surface area contributed by atoms with Crippen molar-refractivity contribution in [1.82, 2.24) is 10.2 Å². The Morgan fingerprint density at radius 1 is 0.923 bits per heavy atom. The van der Waals surface area contributed by atoms with Crippen molar-refractivity contribution in [2.24, 2.45) is 0 Å². The summed E-state index contributed by atoms with van der Waals surface area (Å²) in [7, 11) is -4.27. The summed E-state index contributed by atoms with van der Waals surface area (Å²) in [5.74, 6) is -0.964. The van der Waals surface area contributed by atoms with E-state index < -0.39 is 28.5 Å². The van der Waals surface area contributed by atoms with Gasteiger partial charge in [-0.1, -0.05) is 77.6 Å². The second kappa shape index (κ2) is 13.5. The first kappa shape index (κ1) is 30.8. The molecule has 1 atom stereocenters. The Morgan fingerprint density at radius 3 is 2.21 bits per heavy atom. The van der Waals surface area contributed by atoms with Crippen LogP contribution in [-0.2, 0) is 26.2 Å². The number of hydrogen-bond acceptors (Lipinski definition) is 4. The minimum Gasteiger partial charge on any atom is -0.355 e. The van der Waals surface area contributed by atoms with Gasteiger partial charge in [-0.2, -0.15) is 0 Å². The zero-order valence-electron chi connectivity index (χ0n) is 21.8. The summed E-state index contributed by atoms with van der Waals surface area (Å²) in [5, 5.41) is 3.52. The van der Waals surface area contributed by atoms with Crippen molar-refractivity contribution in [1.29, 1.82) is 0 Å². The van der Waals surface area contributed by atoms with Crippen molar-refractivity contribution >= 4 is 62.3 Å². The highest BCUT2D eigenvalue weighted by Crippen LogP contribution is 2.33. The molecule has 7 nitrogen and oxygen atoms in total. The maximum absolute atomic E-state index is 14.0. The van der Waals surface area contributed by atoms with E-state index in [0.717, 1.165) is 9.87 Å². The van der Waals surface area contributed by atoms with Crippen molar-refractivity contribution < 1.29 is 18.0 Å². The molecule has 3 rings (SSSR count). The highest BCUT2D eigenvalue weighted by atomic mass is 35.5. The van der Waals surface area contributed by atoms with Crippen LogP contribution >= 0.6 is 34.8 Å². The first-order valence-electron chi connectivity index (χ1n) is 12.3. The number of aryl methyl sites for hydroxylation is 1. The molecule has 2 amide bonds. The Hall–Kier alpha value is -2.78. The van der Waals surface area contributed by atoms with Gasteiger partial charge in [0.2, 0.25) is 11.8 Å². The van der Waals surface area contributed by atoms with E-state index >= 15 is 0 Å². The van der Waals surface area contributed by atoms with E-state index in [1.54, 1.807) is 50.2 Å². The van der Waals surface area contributed by atoms with Gasteiger partial charge in [-0.05, 0) is 62.2 Å². The standard InChI is InChI=1S/C28H30Cl3N3O4S/c1-4-25(28(36)32-5-2)33(17-20-8-6-7-9-23(20)30)27(35)18-34(26-16-21(29)12-15-24(26)31)39(37,38)22-13-10-19(3)11-14-22/h6-16,25H,4-5,17-18H2,1-3H3,(H,32,36)/t25-/m1/s1. The van der Waals surface area contributed by atoms with Crippen molar-refractivity contribution in [2.75, 3.05) is 17.4 Å². The third kappa shape index (κ3) is 7.45. The van der Waals surface area contributed by atoms with E-state index in [4.69, 9.17) is 34.8 Å². The lowest BCUT2D eigenvalue weighted by Gasteiger charge is -2.33. The monoisotopic (exact) mass is 609 g/mol. The van der Waals surface area contributed by atoms with Crippen LogP contribution < -0.4 is 9.62 Å². The number of rotatable bonds is 11. The number of carbonyl (C=O) groups excluding carboxylic acids is 2. The third-order valence-electron chi connectivity index (χ3n) is 6.10. The molecule has 0 unspecified atom stereocenters. The van der Waals surface area contributed by atoms with Crippen LogP contribution in [0.5, 0.6) is 0 Å². The number of amides is 2. The summed E-state index contributed by atoms with van der Waals surface area (Å²) in [5.41, 5.74) is 1.53. The Labute approximate surface area is 244 Å². The van der Waals surface area contributed by atoms with Crippen molar-refractivity contribution in [3.63, 3.8) is 0 Å². The Kier molecular flexibility index (Phi) is 10.7. The molecule has 0 saturated carbocycles. The van der Waals surface area contributed by atoms with Gasteiger partial charge in [-0.25, -0.2) is 8.42 Å². The molecule has 0 bridgehead atoms. The van der Waals surface area contributed by atoms with Gasteiger partial charge < -0.3 is 10.2 Å². The molecular formula is C28H30Cl3N3O4S. The summed E-state index contributed by atoms with van der Waals surface area (Å²) < 4.78 is 28.7. The predicted octanol–water partition coefficient (Wildman–Crippen LogP) is 6.09. The van der Waals surface area contributed by atoms with Crippen LogP contribution in [0.4, 0.5) is 5.69 Å². The molecular weight excluding hydrogens is 581 g/mol. The second-order valence-corrected chi connectivity index (χ2v) is 12.0. The number of nitrogens with one attached hydrogen (secondary N) is 1. The van der Waals surface area contributed by atoms with E-state index in [1.807, 2.05) is 6.92 Å². The lowest BCUT2D eigenvalue weighted by atomic mass is 10.1. The third-order valence-corrected chi connectivity index (χ3v) is 8.80. The molecule has 0 radical (unpaired) electrons. The minimum absolute atomic E-state index is 0.00412. The number of sulfonamides is 1. The molecule has 0 aliphatic heterocycles. The van der Waals surface area contributed by atoms with Gasteiger partial charge in [0.1, 0.15) is 12.6 Å². The Bertz CT molecular complexity index is 1430. The number of hydrogen-bond donors (Lipinski definition) is 1. The van der Waals surface area contributed by atoms with Crippen LogP contribution in [0.25, 0.3) is 0 Å². The number of nitrogens with zero attached hydrogens (tertiary/aromatic N) is 2. The molecule has 0 aromatic heterocycles. The maximum Gasteiger partial charge on any atom is 0.264 e. The molecule has 0 aliphatic carbocycles. The first-order chi connectivity index (χ1) is 18.5. The highest BCUT2D eigenvalue weighted by molar-refractivity contribution is 7.92. The number of benzene rings is 3. The van der Waals surface area contributed by atoms with Gasteiger partial charge in [0.15, 0.2) is 0 Å². The first-order valence-corrected chi connectivity index (χ1v) is 14.9. The predicted molar refractivity (Wildman–Crippen MR) is 157 cm³/mol. The molecule has 0 heterocycles. The summed E-state index contributed by atoms with van der Waals surface area (Å²) in [6.07, 6.45) is 0.296. The van der Waals surface area contributed by atoms with Gasteiger partial charge >= 0.3 is 0 Å². The zero-order valence-corrected chi connectivity index (χ0v) is 24.9. The van der Waals surface area contributed by atoms with Crippen molar-refractivity contribution in [2.45, 2.75) is 44.7 Å². The molecule has 0 spiro atoms. The number of carbonyl (C=O) groups is 2. The fraction of sp³-hybridized carbons (Fsp3) is 0.286. The highest BCUT2D eigenvalue weighted by Gasteiger charge is 2.34. The molecule has 208 valence electrons. The van der Waals surface area contributed by atoms with Crippen LogP contribution in [0.3, 0.4) is 0 Å². The average molecular weight is 611 g/mol. The lowest BCUT2D eigenvalue weighted by molar-refractivity contribution is -0.140. The van der Waals surface area contributed by atoms with Gasteiger partial charge in [0.05, 0.1) is 15.6 Å². The molecule has 0 fully saturated rings. The molecule has 3 aromatic rings. The molecule has 0 aliphatic rings. The van der Waals surface area contributed by atoms with E-state index in [0.29, 0.717) is 23.6 Å². The summed E-state index contributed by atoms with van der Waals surface area (Å²) in [6.45, 7) is 5.13. The van der Waals surface area contributed by atoms with Gasteiger partial charge in [-0.3, -0.25) is 13.9 Å². The average Bonchev–Trinajstić information content (AvgIpc) is 2.90. The largest absolute Gasteiger partial charge is 0.355 e. The summed E-state index contributed by atoms with van der Waals surface area (Å²) in [4.78, 5) is 28.3. The van der Waals surface area contributed by atoms with Crippen LogP contribution in [0.2, 0.25) is 15.1 Å². The molecule has 39 heavy (non-hydrogen) atoms. The minimum atomic E-state index is -4.27. The normalized spacial score (nSPS) is 12.1. The van der Waals surface area contributed by atoms with Gasteiger partial charge in [0.25, 0.3) is 10.0 Å². The number of anilines is 1. The van der Waals surface area contributed by atoms with Crippen LogP contribution in [0.1, 0.15) is 31.4 Å². The topological polar surface area (TPSA) is 86.8 Å². The number of halogens is 3. The summed E-state index contributed by atoms with van der Waals surface area (Å²) in [6, 6.07) is 16.7. The van der Waals surface area contributed by atoms with Crippen LogP contribution in [-0.4, -0.2) is 44.3 Å². The SMILES string of the molecule is CCNC(=O)[C@@H](CC)N(Cc1ccccc1Cl)C(=O)CN(c1cc(Cl)ccc1Cl)S(=O)(=O)c1ccc(C)cc1. The maximum atomic E-state index is 14.0. The number of likely N-dealkylation sites (N-methyl/N-ethyl adjacent to an activating group) is 1. The van der Waals surface area contributed by atoms with Crippen LogP contribution in [0.15, 0.2) is 71.6 Å². The fourth-order valence-corrected chi connectivity index (χ4v) is 6.11. The lowest BCUT2D eigenvalue weighted by Crippen LogP contribution is -2.52. The van der Waals surface area contributed by atoms with Crippen LogP contribution in [0, 0.1) is 6.92 Å². The van der Waals surface area contributed by atoms with E-state index in [1.165, 1.54) is 35.2 Å². The van der Waals surface area contributed by atoms with Gasteiger partial charge in [0, 0.05) is 23.1 Å². The van der Waals surface area contributed by atoms with E-state index in [-0.39, 0.29) is 33.1 Å². The molecule has 3 aromatic carbocycles. The van der Waals surface area contributed by atoms with Gasteiger partial charge in [-0.15, -0.1) is 0 Å². The van der Waals surface area contributed by atoms with E-state index in [9.17, 15) is 18.0 Å². The van der Waals surface area contributed by atoms with E-state index in [2.05, 4.69) is 5.32 Å². The Morgan fingerprint density at radius 2 is 1.59 bits per heavy atom. The second-order valence-electron chi connectivity index (χ2n) is 8.85. The molecule has 11 heteroatoms. The fourth-order valence-electron chi connectivity index (χ4n) is 4.05. The smallest absolute Gasteiger partial charge is 0.264 e. The van der Waals surface area contributed by atoms with Crippen molar-refractivity contribution in [3.8, 4) is 0 Å². The van der Waals surface area contributed by atoms with Crippen molar-refractivity contribution in [3.05, 3.63) is 92.9 Å². The molecule has 1 N–H and O–H groups in total. The summed E-state index contributed by atoms with van der Waals surface area (Å²) >= 11 is 19.0. The Balaban J connectivity index is 2.12.